The lowest BCUT2D eigenvalue weighted by molar-refractivity contribution is -0.141. The number of aryl methyl sites for hydroxylation is 2. The number of hydrogen-bond acceptors (Lipinski definition) is 3. The highest BCUT2D eigenvalue weighted by atomic mass is 16.3. The van der Waals surface area contributed by atoms with Crippen LogP contribution in [0.3, 0.4) is 0 Å². The maximum Gasteiger partial charge on any atom is 0.165 e. The van der Waals surface area contributed by atoms with Gasteiger partial charge in [0.25, 0.3) is 0 Å². The van der Waals surface area contributed by atoms with Gasteiger partial charge in [0.05, 0.1) is 11.8 Å². The number of aliphatic hydroxyl groups is 1. The smallest absolute Gasteiger partial charge is 0.165 e. The predicted molar refractivity (Wildman–Crippen MR) is 119 cm³/mol. The number of Topliss-reactive ketones (excluding diaryl/α,β-unsaturated/α-hetero) is 1. The van der Waals surface area contributed by atoms with Crippen molar-refractivity contribution in [1.29, 1.82) is 0 Å². The first-order chi connectivity index (χ1) is 14.3. The Balaban J connectivity index is 1.45. The van der Waals surface area contributed by atoms with Crippen LogP contribution in [0, 0.1) is 41.4 Å². The average molecular weight is 411 g/mol. The fraction of sp³-hybridized carbons (Fsp3) is 0.769. The first kappa shape index (κ1) is 20.5. The lowest BCUT2D eigenvalue weighted by Gasteiger charge is -2.59. The first-order valence-corrected chi connectivity index (χ1v) is 12.2. The Hall–Kier alpha value is -1.42. The van der Waals surface area contributed by atoms with Crippen molar-refractivity contribution >= 4 is 11.9 Å². The zero-order chi connectivity index (χ0) is 21.3. The molecule has 1 aromatic rings. The Kier molecular flexibility index (Phi) is 4.81. The summed E-state index contributed by atoms with van der Waals surface area (Å²) < 4.78 is 1.96. The van der Waals surface area contributed by atoms with Crippen LogP contribution in [0.25, 0.3) is 6.08 Å². The molecule has 0 saturated heterocycles. The second-order valence-electron chi connectivity index (χ2n) is 11.3. The van der Waals surface area contributed by atoms with Crippen molar-refractivity contribution in [1.82, 2.24) is 9.78 Å². The van der Waals surface area contributed by atoms with Gasteiger partial charge in [-0.25, -0.2) is 0 Å². The van der Waals surface area contributed by atoms with E-state index in [-0.39, 0.29) is 11.5 Å². The number of ketones is 1. The molecule has 4 aliphatic carbocycles. The third-order valence-electron chi connectivity index (χ3n) is 9.92. The molecule has 5 rings (SSSR count). The Morgan fingerprint density at radius 3 is 2.73 bits per heavy atom. The first-order valence-electron chi connectivity index (χ1n) is 12.2. The summed E-state index contributed by atoms with van der Waals surface area (Å²) in [5, 5.41) is 14.8. The number of aliphatic hydroxyl groups excluding tert-OH is 1. The third kappa shape index (κ3) is 2.89. The van der Waals surface area contributed by atoms with E-state index >= 15 is 0 Å². The van der Waals surface area contributed by atoms with E-state index in [4.69, 9.17) is 0 Å². The molecule has 4 saturated carbocycles. The molecule has 1 N–H and O–H groups in total. The zero-order valence-corrected chi connectivity index (χ0v) is 19.2. The van der Waals surface area contributed by atoms with Gasteiger partial charge in [-0.3, -0.25) is 9.48 Å². The minimum atomic E-state index is -0.182. The van der Waals surface area contributed by atoms with E-state index in [1.807, 2.05) is 11.6 Å². The molecule has 0 amide bonds. The summed E-state index contributed by atoms with van der Waals surface area (Å²) in [4.78, 5) is 13.6. The van der Waals surface area contributed by atoms with Gasteiger partial charge in [-0.1, -0.05) is 13.8 Å². The highest BCUT2D eigenvalue weighted by molar-refractivity contribution is 6.06. The zero-order valence-electron chi connectivity index (χ0n) is 19.2. The summed E-state index contributed by atoms with van der Waals surface area (Å²) in [5.74, 6) is 2.94. The van der Waals surface area contributed by atoms with E-state index in [1.54, 1.807) is 0 Å². The van der Waals surface area contributed by atoms with Crippen molar-refractivity contribution in [2.75, 3.05) is 0 Å². The van der Waals surface area contributed by atoms with E-state index in [2.05, 4.69) is 38.1 Å². The monoisotopic (exact) mass is 410 g/mol. The van der Waals surface area contributed by atoms with Crippen LogP contribution < -0.4 is 0 Å². The molecule has 164 valence electrons. The van der Waals surface area contributed by atoms with Gasteiger partial charge in [-0.2, -0.15) is 5.10 Å². The van der Waals surface area contributed by atoms with Crippen molar-refractivity contribution < 1.29 is 9.90 Å². The molecule has 0 radical (unpaired) electrons. The number of allylic oxidation sites excluding steroid dienone is 1. The van der Waals surface area contributed by atoms with E-state index in [0.717, 1.165) is 61.4 Å². The van der Waals surface area contributed by atoms with Crippen LogP contribution in [0.15, 0.2) is 11.8 Å². The topological polar surface area (TPSA) is 55.1 Å². The quantitative estimate of drug-likeness (QED) is 0.684. The minimum absolute atomic E-state index is 0.0941. The number of aromatic nitrogens is 2. The van der Waals surface area contributed by atoms with Crippen LogP contribution >= 0.6 is 0 Å². The maximum atomic E-state index is 13.6. The van der Waals surface area contributed by atoms with Crippen LogP contribution in [-0.2, 0) is 11.3 Å². The van der Waals surface area contributed by atoms with Crippen LogP contribution in [0.1, 0.15) is 83.4 Å². The molecule has 7 atom stereocenters. The number of fused-ring (bicyclic) bond motifs is 5. The maximum absolute atomic E-state index is 13.6. The number of hydrogen-bond donors (Lipinski definition) is 1. The van der Waals surface area contributed by atoms with Gasteiger partial charge in [0.15, 0.2) is 5.78 Å². The van der Waals surface area contributed by atoms with Gasteiger partial charge < -0.3 is 5.11 Å². The second-order valence-corrected chi connectivity index (χ2v) is 11.3. The van der Waals surface area contributed by atoms with E-state index < -0.39 is 0 Å². The van der Waals surface area contributed by atoms with Gasteiger partial charge in [0.1, 0.15) is 0 Å². The summed E-state index contributed by atoms with van der Waals surface area (Å²) in [5.41, 5.74) is 3.34. The Morgan fingerprint density at radius 1 is 1.20 bits per heavy atom. The lowest BCUT2D eigenvalue weighted by Crippen LogP contribution is -2.54. The van der Waals surface area contributed by atoms with Crippen LogP contribution in [0.5, 0.6) is 0 Å². The molecular formula is C26H38N2O2. The highest BCUT2D eigenvalue weighted by Gasteiger charge is 2.61. The standard InChI is InChI=1S/C26H38N2O2/c1-5-28-15-18(16(2)27-28)12-17-13-23-21-7-6-19-14-20(29)8-10-25(19,3)22(21)9-11-26(23,4)24(17)30/h12,15,19-23,29H,5-11,13-14H2,1-4H3/b17-12-/t19-,20+,21+,22-,23-,25-,26-/m0/s1. The Bertz CT molecular complexity index is 886. The molecule has 4 nitrogen and oxygen atoms in total. The summed E-state index contributed by atoms with van der Waals surface area (Å²) >= 11 is 0. The molecule has 0 aliphatic heterocycles. The van der Waals surface area contributed by atoms with Crippen molar-refractivity contribution in [3.63, 3.8) is 0 Å². The minimum Gasteiger partial charge on any atom is -0.393 e. The fourth-order valence-electron chi connectivity index (χ4n) is 8.06. The van der Waals surface area contributed by atoms with Crippen LogP contribution in [-0.4, -0.2) is 26.8 Å². The third-order valence-corrected chi connectivity index (χ3v) is 9.92. The highest BCUT2D eigenvalue weighted by Crippen LogP contribution is 2.66. The van der Waals surface area contributed by atoms with Gasteiger partial charge in [-0.05, 0) is 106 Å². The fourth-order valence-corrected chi connectivity index (χ4v) is 8.06. The Labute approximate surface area is 181 Å². The SMILES string of the molecule is CCn1cc(/C=C2/C[C@H]3[C@@H]4CC[C@H]5C[C@H](O)CC[C@]5(C)[C@H]4CC[C@]3(C)C2=O)c(C)n1. The average Bonchev–Trinajstić information content (AvgIpc) is 3.20. The van der Waals surface area contributed by atoms with Crippen molar-refractivity contribution in [2.24, 2.45) is 34.5 Å². The molecular weight excluding hydrogens is 372 g/mol. The molecule has 0 unspecified atom stereocenters. The summed E-state index contributed by atoms with van der Waals surface area (Å²) in [6.07, 6.45) is 12.9. The predicted octanol–water partition coefficient (Wildman–Crippen LogP) is 5.18. The van der Waals surface area contributed by atoms with Gasteiger partial charge in [-0.15, -0.1) is 0 Å². The van der Waals surface area contributed by atoms with Crippen molar-refractivity contribution in [2.45, 2.75) is 91.7 Å². The van der Waals surface area contributed by atoms with Gasteiger partial charge >= 0.3 is 0 Å². The second kappa shape index (κ2) is 7.05. The largest absolute Gasteiger partial charge is 0.393 e. The molecule has 0 spiro atoms. The number of nitrogens with zero attached hydrogens (tertiary/aromatic N) is 2. The number of carbonyl (C=O) groups is 1. The van der Waals surface area contributed by atoms with Crippen LogP contribution in [0.2, 0.25) is 0 Å². The normalized spacial score (nSPS) is 44.6. The van der Waals surface area contributed by atoms with Gasteiger partial charge in [0.2, 0.25) is 0 Å². The van der Waals surface area contributed by atoms with Crippen molar-refractivity contribution in [3.05, 3.63) is 23.0 Å². The molecule has 0 aromatic carbocycles. The summed E-state index contributed by atoms with van der Waals surface area (Å²) in [7, 11) is 0. The van der Waals surface area contributed by atoms with E-state index in [1.165, 1.54) is 19.3 Å². The van der Waals surface area contributed by atoms with Gasteiger partial charge in [0, 0.05) is 23.7 Å². The molecule has 0 bridgehead atoms. The molecule has 4 aliphatic rings. The molecule has 1 aromatic heterocycles. The summed E-state index contributed by atoms with van der Waals surface area (Å²) in [6.45, 7) is 9.78. The summed E-state index contributed by atoms with van der Waals surface area (Å²) in [6, 6.07) is 0. The Morgan fingerprint density at radius 2 is 2.00 bits per heavy atom. The van der Waals surface area contributed by atoms with Crippen LogP contribution in [0.4, 0.5) is 0 Å². The molecule has 1 heterocycles. The lowest BCUT2D eigenvalue weighted by atomic mass is 9.45. The molecule has 4 heteroatoms. The van der Waals surface area contributed by atoms with E-state index in [9.17, 15) is 9.90 Å². The van der Waals surface area contributed by atoms with E-state index in [0.29, 0.717) is 29.0 Å². The number of carbonyl (C=O) groups excluding carboxylic acids is 1. The molecule has 30 heavy (non-hydrogen) atoms. The number of rotatable bonds is 2. The van der Waals surface area contributed by atoms with Crippen molar-refractivity contribution in [3.8, 4) is 0 Å². The molecule has 4 fully saturated rings.